The minimum Gasteiger partial charge on any atom is -0.393 e. The number of ketones is 1. The van der Waals surface area contributed by atoms with Crippen molar-refractivity contribution in [2.75, 3.05) is 13.1 Å². The maximum atomic E-state index is 15.1. The number of nitrogens with one attached hydrogen (secondary N) is 1. The van der Waals surface area contributed by atoms with Crippen molar-refractivity contribution < 1.29 is 19.8 Å². The highest BCUT2D eigenvalue weighted by atomic mass is 32.1. The van der Waals surface area contributed by atoms with Crippen molar-refractivity contribution in [2.45, 2.75) is 123 Å². The summed E-state index contributed by atoms with van der Waals surface area (Å²) in [4.78, 5) is 32.0. The summed E-state index contributed by atoms with van der Waals surface area (Å²) in [7, 11) is 0. The number of allylic oxidation sites excluding steroid dienone is 4. The zero-order chi connectivity index (χ0) is 36.6. The van der Waals surface area contributed by atoms with Crippen LogP contribution in [0.25, 0.3) is 10.1 Å². The predicted octanol–water partition coefficient (Wildman–Crippen LogP) is 9.17. The third-order valence-corrected chi connectivity index (χ3v) is 18.3. The molecule has 1 heterocycles. The molecule has 2 spiro atoms. The van der Waals surface area contributed by atoms with Crippen molar-refractivity contribution in [3.8, 4) is 0 Å². The first-order valence-electron chi connectivity index (χ1n) is 20.5. The SMILES string of the molecule is CC(C)NC(=O)N(C[C@@H]1CC[C@H]2C[C@@H]1C2(C)C)C[C@]1(O)CC[C@H]2[C@]34C=C[C@@]5(C=C3C(=O)c3cc6ccccc6s3)CC(O)CC[C@]5(C)[C@H]4CC[C@@]21C. The molecule has 7 heteroatoms. The first-order chi connectivity index (χ1) is 24.6. The number of aliphatic hydroxyl groups is 2. The molecule has 6 fully saturated rings. The number of aliphatic hydroxyl groups excluding tert-OH is 1. The summed E-state index contributed by atoms with van der Waals surface area (Å²) in [6.45, 7) is 14.6. The zero-order valence-corrected chi connectivity index (χ0v) is 33.0. The Labute approximate surface area is 314 Å². The molecule has 11 atom stereocenters. The second-order valence-corrected chi connectivity index (χ2v) is 21.1. The first-order valence-corrected chi connectivity index (χ1v) is 21.3. The van der Waals surface area contributed by atoms with E-state index in [1.807, 2.05) is 30.9 Å². The maximum Gasteiger partial charge on any atom is 0.317 e. The van der Waals surface area contributed by atoms with E-state index in [4.69, 9.17) is 0 Å². The smallest absolute Gasteiger partial charge is 0.317 e. The minimum atomic E-state index is -1.08. The Morgan fingerprint density at radius 1 is 0.962 bits per heavy atom. The lowest BCUT2D eigenvalue weighted by Gasteiger charge is -2.71. The third kappa shape index (κ3) is 4.60. The number of rotatable bonds is 7. The van der Waals surface area contributed by atoms with Gasteiger partial charge in [0.2, 0.25) is 0 Å². The maximum absolute atomic E-state index is 15.1. The van der Waals surface area contributed by atoms with Crippen LogP contribution in [0, 0.1) is 56.7 Å². The van der Waals surface area contributed by atoms with E-state index in [-0.39, 0.29) is 46.6 Å². The molecule has 6 nitrogen and oxygen atoms in total. The van der Waals surface area contributed by atoms with Crippen LogP contribution in [-0.4, -0.2) is 57.8 Å². The fourth-order valence-corrected chi connectivity index (χ4v) is 15.2. The fraction of sp³-hybridized carbons (Fsp3) is 0.689. The molecule has 4 bridgehead atoms. The van der Waals surface area contributed by atoms with Crippen molar-refractivity contribution in [1.29, 1.82) is 0 Å². The van der Waals surface area contributed by atoms with Crippen LogP contribution >= 0.6 is 11.3 Å². The molecule has 9 aliphatic rings. The number of benzene rings is 1. The number of carbonyl (C=O) groups excluding carboxylic acids is 2. The van der Waals surface area contributed by atoms with Gasteiger partial charge in [-0.15, -0.1) is 11.3 Å². The average molecular weight is 725 g/mol. The predicted molar refractivity (Wildman–Crippen MR) is 208 cm³/mol. The second kappa shape index (κ2) is 11.5. The van der Waals surface area contributed by atoms with Crippen LogP contribution in [0.3, 0.4) is 0 Å². The van der Waals surface area contributed by atoms with Gasteiger partial charge in [0.1, 0.15) is 0 Å². The number of Topliss-reactive ketones (excluding diaryl/α,β-unsaturated/α-hetero) is 1. The average Bonchev–Trinajstić information content (AvgIpc) is 3.65. The summed E-state index contributed by atoms with van der Waals surface area (Å²) in [5.41, 5.74) is -1.29. The van der Waals surface area contributed by atoms with Gasteiger partial charge in [0, 0.05) is 39.1 Å². The van der Waals surface area contributed by atoms with Crippen molar-refractivity contribution in [3.63, 3.8) is 0 Å². The summed E-state index contributed by atoms with van der Waals surface area (Å²) in [5.74, 6) is 2.28. The molecule has 9 aliphatic carbocycles. The van der Waals surface area contributed by atoms with E-state index in [0.29, 0.717) is 43.2 Å². The van der Waals surface area contributed by atoms with Crippen LogP contribution in [0.5, 0.6) is 0 Å². The number of thiophene rings is 1. The van der Waals surface area contributed by atoms with E-state index >= 15 is 4.79 Å². The molecule has 280 valence electrons. The normalized spacial score (nSPS) is 43.7. The Kier molecular flexibility index (Phi) is 7.81. The van der Waals surface area contributed by atoms with E-state index < -0.39 is 16.4 Å². The molecule has 0 saturated heterocycles. The molecular formula is C45H60N2O4S. The summed E-state index contributed by atoms with van der Waals surface area (Å²) >= 11 is 1.58. The highest BCUT2D eigenvalue weighted by molar-refractivity contribution is 7.21. The molecule has 3 N–H and O–H groups in total. The van der Waals surface area contributed by atoms with Gasteiger partial charge in [-0.3, -0.25) is 4.79 Å². The van der Waals surface area contributed by atoms with Crippen LogP contribution in [0.15, 0.2) is 54.1 Å². The number of urea groups is 1. The van der Waals surface area contributed by atoms with Crippen molar-refractivity contribution in [1.82, 2.24) is 10.2 Å². The monoisotopic (exact) mass is 724 g/mol. The molecule has 52 heavy (non-hydrogen) atoms. The molecule has 0 radical (unpaired) electrons. The van der Waals surface area contributed by atoms with Gasteiger partial charge >= 0.3 is 6.03 Å². The van der Waals surface area contributed by atoms with Gasteiger partial charge in [0.05, 0.1) is 23.1 Å². The van der Waals surface area contributed by atoms with E-state index in [9.17, 15) is 15.0 Å². The van der Waals surface area contributed by atoms with Crippen LogP contribution in [0.2, 0.25) is 0 Å². The van der Waals surface area contributed by atoms with Crippen LogP contribution in [0.1, 0.15) is 115 Å². The topological polar surface area (TPSA) is 89.9 Å². The first kappa shape index (κ1) is 35.2. The van der Waals surface area contributed by atoms with Gasteiger partial charge < -0.3 is 20.4 Å². The number of nitrogens with zero attached hydrogens (tertiary/aromatic N) is 1. The summed E-state index contributed by atoms with van der Waals surface area (Å²) in [6, 6.07) is 10.3. The van der Waals surface area contributed by atoms with E-state index in [0.717, 1.165) is 65.0 Å². The Balaban J connectivity index is 1.10. The molecule has 2 amide bonds. The Morgan fingerprint density at radius 2 is 1.69 bits per heavy atom. The van der Waals surface area contributed by atoms with Gasteiger partial charge in [-0.25, -0.2) is 4.79 Å². The van der Waals surface area contributed by atoms with E-state index in [1.54, 1.807) is 11.3 Å². The lowest BCUT2D eigenvalue weighted by Crippen LogP contribution is -2.67. The minimum absolute atomic E-state index is 0.0130. The van der Waals surface area contributed by atoms with E-state index in [2.05, 4.69) is 69.4 Å². The highest BCUT2D eigenvalue weighted by Gasteiger charge is 2.74. The number of hydrogen-bond acceptors (Lipinski definition) is 5. The number of amides is 2. The molecule has 6 saturated carbocycles. The Morgan fingerprint density at radius 3 is 2.42 bits per heavy atom. The summed E-state index contributed by atoms with van der Waals surface area (Å²) in [6.07, 6.45) is 16.0. The summed E-state index contributed by atoms with van der Waals surface area (Å²) < 4.78 is 1.12. The lowest BCUT2D eigenvalue weighted by atomic mass is 9.32. The summed E-state index contributed by atoms with van der Waals surface area (Å²) in [5, 5.41) is 28.6. The van der Waals surface area contributed by atoms with Crippen LogP contribution in [-0.2, 0) is 0 Å². The molecule has 1 aromatic carbocycles. The van der Waals surface area contributed by atoms with Crippen LogP contribution in [0.4, 0.5) is 4.79 Å². The standard InChI is InChI=1S/C45H60N2O4S/c1-27(2)46-39(50)47(25-29-11-12-30-22-32(29)40(30,3)4)26-44(51)18-15-37-42(44,6)17-14-36-41(5)16-13-31(48)23-43(41)19-20-45(36,37)33(24-43)38(49)35-21-28-9-7-8-10-34(28)52-35/h7-10,19-21,24,27,29-32,36-37,48,51H,11-18,22-23,25-26H2,1-6H3,(H,46,50)/t29-,30-,31?,32-,36+,37+,41+,42-,43-,44+,45+/m0/s1. The number of carbonyl (C=O) groups is 2. The van der Waals surface area contributed by atoms with Gasteiger partial charge in [-0.1, -0.05) is 64.1 Å². The molecule has 11 rings (SSSR count). The van der Waals surface area contributed by atoms with Gasteiger partial charge in [0.25, 0.3) is 0 Å². The largest absolute Gasteiger partial charge is 0.393 e. The van der Waals surface area contributed by atoms with Gasteiger partial charge in [0.15, 0.2) is 5.78 Å². The lowest BCUT2D eigenvalue weighted by molar-refractivity contribution is -0.176. The second-order valence-electron chi connectivity index (χ2n) is 20.0. The number of fused-ring (bicyclic) bond motifs is 4. The van der Waals surface area contributed by atoms with Gasteiger partial charge in [-0.2, -0.15) is 0 Å². The Hall–Kier alpha value is -2.48. The molecular weight excluding hydrogens is 665 g/mol. The van der Waals surface area contributed by atoms with Crippen molar-refractivity contribution >= 4 is 33.2 Å². The molecule has 1 aromatic heterocycles. The van der Waals surface area contributed by atoms with Crippen molar-refractivity contribution in [3.05, 3.63) is 59.0 Å². The molecule has 0 aliphatic heterocycles. The van der Waals surface area contributed by atoms with E-state index in [1.165, 1.54) is 12.8 Å². The quantitative estimate of drug-likeness (QED) is 0.196. The highest BCUT2D eigenvalue weighted by Crippen LogP contribution is 2.78. The molecule has 1 unspecified atom stereocenters. The third-order valence-electron chi connectivity index (χ3n) is 17.2. The fourth-order valence-electron chi connectivity index (χ4n) is 14.2. The zero-order valence-electron chi connectivity index (χ0n) is 32.2. The van der Waals surface area contributed by atoms with Gasteiger partial charge in [-0.05, 0) is 136 Å². The number of hydrogen-bond donors (Lipinski definition) is 3. The van der Waals surface area contributed by atoms with Crippen LogP contribution < -0.4 is 5.32 Å². The Bertz CT molecular complexity index is 1840. The van der Waals surface area contributed by atoms with Crippen molar-refractivity contribution in [2.24, 2.45) is 56.7 Å². The molecule has 2 aromatic rings.